The van der Waals surface area contributed by atoms with Gasteiger partial charge in [-0.15, -0.1) is 0 Å². The van der Waals surface area contributed by atoms with Crippen LogP contribution in [-0.2, 0) is 11.3 Å². The number of hydrogen-bond donors (Lipinski definition) is 1. The first-order valence-corrected chi connectivity index (χ1v) is 7.31. The molecule has 0 radical (unpaired) electrons. The molecule has 1 unspecified atom stereocenters. The van der Waals surface area contributed by atoms with Crippen LogP contribution in [0.25, 0.3) is 0 Å². The summed E-state index contributed by atoms with van der Waals surface area (Å²) in [6.07, 6.45) is 6.99. The summed E-state index contributed by atoms with van der Waals surface area (Å²) >= 11 is 0. The fraction of sp³-hybridized carbons (Fsp3) is 0.600. The van der Waals surface area contributed by atoms with Crippen LogP contribution in [0, 0.1) is 0 Å². The first-order chi connectivity index (χ1) is 9.63. The topological polar surface area (TPSA) is 62.5 Å². The van der Waals surface area contributed by atoms with E-state index in [1.807, 2.05) is 4.90 Å². The molecular weight excluding hydrogens is 256 g/mol. The summed E-state index contributed by atoms with van der Waals surface area (Å²) in [6.45, 7) is 2.74. The highest BCUT2D eigenvalue weighted by molar-refractivity contribution is 5.93. The molecule has 1 aliphatic rings. The summed E-state index contributed by atoms with van der Waals surface area (Å²) in [5.41, 5.74) is 0.482. The summed E-state index contributed by atoms with van der Waals surface area (Å²) in [5, 5.41) is 8.89. The van der Waals surface area contributed by atoms with Crippen molar-refractivity contribution < 1.29 is 14.7 Å². The fourth-order valence-electron chi connectivity index (χ4n) is 2.94. The van der Waals surface area contributed by atoms with E-state index in [0.29, 0.717) is 11.7 Å². The van der Waals surface area contributed by atoms with Crippen LogP contribution >= 0.6 is 0 Å². The van der Waals surface area contributed by atoms with Gasteiger partial charge in [0.1, 0.15) is 12.2 Å². The van der Waals surface area contributed by atoms with Crippen LogP contribution in [0.3, 0.4) is 0 Å². The second-order valence-electron chi connectivity index (χ2n) is 5.35. The van der Waals surface area contributed by atoms with Crippen LogP contribution in [-0.4, -0.2) is 39.0 Å². The number of carbonyl (C=O) groups excluding carboxylic acids is 1. The van der Waals surface area contributed by atoms with Crippen molar-refractivity contribution in [3.63, 3.8) is 0 Å². The van der Waals surface area contributed by atoms with Crippen molar-refractivity contribution in [1.29, 1.82) is 0 Å². The fourth-order valence-corrected chi connectivity index (χ4v) is 2.94. The van der Waals surface area contributed by atoms with E-state index in [1.54, 1.807) is 18.3 Å². The second-order valence-corrected chi connectivity index (χ2v) is 5.35. The molecule has 2 heterocycles. The van der Waals surface area contributed by atoms with E-state index in [9.17, 15) is 9.59 Å². The molecular formula is C15H22N2O3. The highest BCUT2D eigenvalue weighted by Gasteiger charge is 2.28. The van der Waals surface area contributed by atoms with E-state index < -0.39 is 5.97 Å². The van der Waals surface area contributed by atoms with Crippen molar-refractivity contribution in [3.05, 3.63) is 24.0 Å². The number of carboxylic acid groups (broad SMARTS) is 1. The summed E-state index contributed by atoms with van der Waals surface area (Å²) < 4.78 is 1.52. The van der Waals surface area contributed by atoms with E-state index in [-0.39, 0.29) is 12.5 Å². The van der Waals surface area contributed by atoms with Crippen LogP contribution in [0.15, 0.2) is 18.3 Å². The third kappa shape index (κ3) is 3.21. The number of piperidine rings is 1. The van der Waals surface area contributed by atoms with Gasteiger partial charge < -0.3 is 14.6 Å². The maximum absolute atomic E-state index is 12.7. The smallest absolute Gasteiger partial charge is 0.323 e. The quantitative estimate of drug-likeness (QED) is 0.899. The summed E-state index contributed by atoms with van der Waals surface area (Å²) in [7, 11) is 0. The maximum Gasteiger partial charge on any atom is 0.323 e. The van der Waals surface area contributed by atoms with Crippen molar-refractivity contribution >= 4 is 11.9 Å². The molecule has 1 atom stereocenters. The van der Waals surface area contributed by atoms with Gasteiger partial charge in [-0.3, -0.25) is 9.59 Å². The summed E-state index contributed by atoms with van der Waals surface area (Å²) in [5.74, 6) is -0.964. The van der Waals surface area contributed by atoms with Crippen molar-refractivity contribution in [3.8, 4) is 0 Å². The second kappa shape index (κ2) is 6.59. The van der Waals surface area contributed by atoms with Crippen LogP contribution in [0.5, 0.6) is 0 Å². The van der Waals surface area contributed by atoms with Gasteiger partial charge in [-0.25, -0.2) is 0 Å². The average molecular weight is 278 g/mol. The van der Waals surface area contributed by atoms with Gasteiger partial charge in [-0.2, -0.15) is 0 Å². The summed E-state index contributed by atoms with van der Waals surface area (Å²) in [4.78, 5) is 25.4. The molecule has 1 aromatic rings. The molecule has 0 aliphatic carbocycles. The lowest BCUT2D eigenvalue weighted by Gasteiger charge is -2.36. The normalized spacial score (nSPS) is 19.1. The van der Waals surface area contributed by atoms with E-state index >= 15 is 0 Å². The van der Waals surface area contributed by atoms with Gasteiger partial charge in [0.25, 0.3) is 5.91 Å². The predicted molar refractivity (Wildman–Crippen MR) is 75.7 cm³/mol. The third-order valence-corrected chi connectivity index (χ3v) is 3.86. The Hall–Kier alpha value is -1.78. The van der Waals surface area contributed by atoms with Gasteiger partial charge >= 0.3 is 5.97 Å². The Labute approximate surface area is 119 Å². The Kier molecular flexibility index (Phi) is 4.82. The van der Waals surface area contributed by atoms with Crippen LogP contribution in [0.1, 0.15) is 49.5 Å². The first-order valence-electron chi connectivity index (χ1n) is 7.31. The largest absolute Gasteiger partial charge is 0.480 e. The number of rotatable bonds is 5. The first kappa shape index (κ1) is 14.6. The number of aliphatic carboxylic acids is 1. The Balaban J connectivity index is 2.16. The number of amides is 1. The number of aromatic nitrogens is 1. The summed E-state index contributed by atoms with van der Waals surface area (Å²) in [6, 6.07) is 3.74. The number of carboxylic acids is 1. The van der Waals surface area contributed by atoms with Gasteiger partial charge in [0.15, 0.2) is 0 Å². The van der Waals surface area contributed by atoms with Crippen molar-refractivity contribution in [2.75, 3.05) is 6.54 Å². The molecule has 1 aliphatic heterocycles. The molecule has 0 spiro atoms. The monoisotopic (exact) mass is 278 g/mol. The minimum Gasteiger partial charge on any atom is -0.480 e. The Morgan fingerprint density at radius 2 is 2.20 bits per heavy atom. The zero-order valence-corrected chi connectivity index (χ0v) is 11.9. The lowest BCUT2D eigenvalue weighted by molar-refractivity contribution is -0.137. The predicted octanol–water partition coefficient (Wildman–Crippen LogP) is 2.37. The molecule has 1 N–H and O–H groups in total. The molecule has 5 heteroatoms. The molecule has 0 bridgehead atoms. The van der Waals surface area contributed by atoms with E-state index in [4.69, 9.17) is 5.11 Å². The van der Waals surface area contributed by atoms with Crippen LogP contribution in [0.2, 0.25) is 0 Å². The molecule has 1 saturated heterocycles. The Morgan fingerprint density at radius 3 is 2.90 bits per heavy atom. The van der Waals surface area contributed by atoms with Crippen molar-refractivity contribution in [2.45, 2.75) is 51.6 Å². The number of nitrogens with zero attached hydrogens (tertiary/aromatic N) is 2. The molecule has 20 heavy (non-hydrogen) atoms. The standard InChI is InChI=1S/C15H22N2O3/c1-2-6-12-7-3-4-10-17(12)15(20)13-8-5-9-16(13)11-14(18)19/h5,8-9,12H,2-4,6-7,10-11H2,1H3,(H,18,19). The minimum absolute atomic E-state index is 0.0330. The number of hydrogen-bond acceptors (Lipinski definition) is 2. The van der Waals surface area contributed by atoms with Gasteiger partial charge in [0.2, 0.25) is 0 Å². The average Bonchev–Trinajstić information content (AvgIpc) is 2.86. The molecule has 5 nitrogen and oxygen atoms in total. The third-order valence-electron chi connectivity index (χ3n) is 3.86. The molecule has 1 amide bonds. The Morgan fingerprint density at radius 1 is 1.40 bits per heavy atom. The molecule has 110 valence electrons. The molecule has 0 saturated carbocycles. The van der Waals surface area contributed by atoms with Crippen LogP contribution < -0.4 is 0 Å². The lowest BCUT2D eigenvalue weighted by Crippen LogP contribution is -2.44. The zero-order valence-electron chi connectivity index (χ0n) is 11.9. The molecule has 2 rings (SSSR count). The zero-order chi connectivity index (χ0) is 14.5. The van der Waals surface area contributed by atoms with Crippen LogP contribution in [0.4, 0.5) is 0 Å². The van der Waals surface area contributed by atoms with Gasteiger partial charge in [0.05, 0.1) is 0 Å². The van der Waals surface area contributed by atoms with Gasteiger partial charge in [0, 0.05) is 18.8 Å². The molecule has 0 aromatic carbocycles. The maximum atomic E-state index is 12.7. The highest BCUT2D eigenvalue weighted by Crippen LogP contribution is 2.23. The van der Waals surface area contributed by atoms with Crippen molar-refractivity contribution in [2.24, 2.45) is 0 Å². The molecule has 1 fully saturated rings. The SMILES string of the molecule is CCCC1CCCCN1C(=O)c1cccn1CC(=O)O. The minimum atomic E-state index is -0.931. The number of likely N-dealkylation sites (tertiary alicyclic amines) is 1. The van der Waals surface area contributed by atoms with E-state index in [1.165, 1.54) is 11.0 Å². The lowest BCUT2D eigenvalue weighted by atomic mass is 9.98. The van der Waals surface area contributed by atoms with E-state index in [2.05, 4.69) is 6.92 Å². The molecule has 1 aromatic heterocycles. The number of carbonyl (C=O) groups is 2. The van der Waals surface area contributed by atoms with E-state index in [0.717, 1.165) is 32.2 Å². The van der Waals surface area contributed by atoms with Gasteiger partial charge in [-0.1, -0.05) is 13.3 Å². The Bertz CT molecular complexity index is 479. The highest BCUT2D eigenvalue weighted by atomic mass is 16.4. The van der Waals surface area contributed by atoms with Gasteiger partial charge in [-0.05, 0) is 37.8 Å². The van der Waals surface area contributed by atoms with Crippen molar-refractivity contribution in [1.82, 2.24) is 9.47 Å².